The maximum absolute atomic E-state index is 12.5. The highest BCUT2D eigenvalue weighted by atomic mass is 16.3. The second-order valence-electron chi connectivity index (χ2n) is 9.23. The Hall–Kier alpha value is -3.53. The quantitative estimate of drug-likeness (QED) is 0.703. The van der Waals surface area contributed by atoms with Crippen LogP contribution in [0.2, 0.25) is 0 Å². The normalized spacial score (nSPS) is 14.6. The van der Waals surface area contributed by atoms with Crippen LogP contribution >= 0.6 is 0 Å². The number of benzene rings is 1. The highest BCUT2D eigenvalue weighted by Crippen LogP contribution is 2.32. The summed E-state index contributed by atoms with van der Waals surface area (Å²) in [7, 11) is 0. The van der Waals surface area contributed by atoms with Crippen molar-refractivity contribution in [2.24, 2.45) is 5.41 Å². The van der Waals surface area contributed by atoms with Gasteiger partial charge >= 0.3 is 0 Å². The molecule has 0 aliphatic carbocycles. The van der Waals surface area contributed by atoms with Crippen LogP contribution in [-0.2, 0) is 4.79 Å². The molecule has 3 aromatic rings. The molecule has 0 unspecified atom stereocenters. The van der Waals surface area contributed by atoms with E-state index in [0.29, 0.717) is 17.5 Å². The number of nitrogens with zero attached hydrogens (tertiary/aromatic N) is 5. The van der Waals surface area contributed by atoms with Gasteiger partial charge in [0, 0.05) is 43.9 Å². The van der Waals surface area contributed by atoms with E-state index in [9.17, 15) is 15.2 Å². The summed E-state index contributed by atoms with van der Waals surface area (Å²) in [6.07, 6.45) is 3.57. The van der Waals surface area contributed by atoms with Gasteiger partial charge in [-0.1, -0.05) is 32.9 Å². The zero-order chi connectivity index (χ0) is 22.2. The number of fused-ring (bicyclic) bond motifs is 1. The molecule has 2 aromatic heterocycles. The average molecular weight is 418 g/mol. The summed E-state index contributed by atoms with van der Waals surface area (Å²) >= 11 is 0. The second kappa shape index (κ2) is 7.95. The molecule has 31 heavy (non-hydrogen) atoms. The molecule has 1 aromatic carbocycles. The van der Waals surface area contributed by atoms with Crippen LogP contribution in [0.4, 0.5) is 5.69 Å². The highest BCUT2D eigenvalue weighted by molar-refractivity contribution is 5.85. The number of nitriles is 1. The molecule has 0 spiro atoms. The lowest BCUT2D eigenvalue weighted by atomic mass is 9.91. The van der Waals surface area contributed by atoms with Gasteiger partial charge in [0.25, 0.3) is 0 Å². The van der Waals surface area contributed by atoms with E-state index < -0.39 is 0 Å². The highest BCUT2D eigenvalue weighted by Gasteiger charge is 2.25. The summed E-state index contributed by atoms with van der Waals surface area (Å²) in [5, 5.41) is 23.6. The van der Waals surface area contributed by atoms with Crippen molar-refractivity contribution in [2.75, 3.05) is 31.1 Å². The van der Waals surface area contributed by atoms with Gasteiger partial charge < -0.3 is 14.9 Å². The number of carbonyl (C=O) groups excluding carboxylic acids is 1. The number of piperazine rings is 1. The minimum atomic E-state index is 0.00225. The molecular formula is C24H27N5O2. The van der Waals surface area contributed by atoms with Gasteiger partial charge in [-0.15, -0.1) is 0 Å². The summed E-state index contributed by atoms with van der Waals surface area (Å²) in [5.41, 5.74) is 3.91. The van der Waals surface area contributed by atoms with Crippen molar-refractivity contribution in [2.45, 2.75) is 27.2 Å². The lowest BCUT2D eigenvalue weighted by molar-refractivity contribution is -0.133. The topological polar surface area (TPSA) is 84.9 Å². The first-order valence-corrected chi connectivity index (χ1v) is 10.5. The molecule has 4 rings (SSSR count). The van der Waals surface area contributed by atoms with Crippen molar-refractivity contribution in [3.8, 4) is 22.9 Å². The molecule has 160 valence electrons. The van der Waals surface area contributed by atoms with Crippen molar-refractivity contribution in [1.82, 2.24) is 14.5 Å². The molecule has 1 saturated heterocycles. The Morgan fingerprint density at radius 1 is 1.16 bits per heavy atom. The van der Waals surface area contributed by atoms with Crippen LogP contribution in [0.1, 0.15) is 32.8 Å². The maximum Gasteiger partial charge on any atom is 0.223 e. The van der Waals surface area contributed by atoms with Gasteiger partial charge in [0.1, 0.15) is 11.8 Å². The molecule has 0 bridgehead atoms. The van der Waals surface area contributed by atoms with E-state index in [1.807, 2.05) is 29.2 Å². The Balaban J connectivity index is 1.50. The molecule has 1 N–H and O–H groups in total. The van der Waals surface area contributed by atoms with Crippen LogP contribution in [0.25, 0.3) is 16.6 Å². The monoisotopic (exact) mass is 417 g/mol. The molecule has 7 heteroatoms. The van der Waals surface area contributed by atoms with Crippen LogP contribution in [0.3, 0.4) is 0 Å². The summed E-state index contributed by atoms with van der Waals surface area (Å²) in [5.74, 6) is 0.319. The van der Waals surface area contributed by atoms with Crippen molar-refractivity contribution in [3.63, 3.8) is 0 Å². The predicted molar refractivity (Wildman–Crippen MR) is 120 cm³/mol. The van der Waals surface area contributed by atoms with Gasteiger partial charge in [-0.05, 0) is 29.2 Å². The fraction of sp³-hybridized carbons (Fsp3) is 0.375. The first kappa shape index (κ1) is 20.7. The fourth-order valence-corrected chi connectivity index (χ4v) is 4.04. The number of hydrogen-bond donors (Lipinski definition) is 1. The van der Waals surface area contributed by atoms with E-state index in [-0.39, 0.29) is 17.1 Å². The summed E-state index contributed by atoms with van der Waals surface area (Å²) in [4.78, 5) is 16.7. The molecular weight excluding hydrogens is 390 g/mol. The van der Waals surface area contributed by atoms with Crippen molar-refractivity contribution in [3.05, 3.63) is 48.3 Å². The summed E-state index contributed by atoms with van der Waals surface area (Å²) in [6, 6.07) is 11.9. The van der Waals surface area contributed by atoms with Crippen LogP contribution in [-0.4, -0.2) is 51.7 Å². The Morgan fingerprint density at radius 3 is 2.45 bits per heavy atom. The van der Waals surface area contributed by atoms with E-state index in [1.54, 1.807) is 6.07 Å². The van der Waals surface area contributed by atoms with Crippen LogP contribution in [0.15, 0.2) is 42.7 Å². The largest absolute Gasteiger partial charge is 0.506 e. The summed E-state index contributed by atoms with van der Waals surface area (Å²) in [6.45, 7) is 9.32. The molecule has 1 fully saturated rings. The second-order valence-corrected chi connectivity index (χ2v) is 9.23. The number of hydrogen-bond acceptors (Lipinski definition) is 5. The molecule has 1 amide bonds. The number of carbonyl (C=O) groups is 1. The van der Waals surface area contributed by atoms with E-state index in [1.165, 1.54) is 16.9 Å². The van der Waals surface area contributed by atoms with Gasteiger partial charge in [0.05, 0.1) is 23.5 Å². The first-order chi connectivity index (χ1) is 14.7. The third-order valence-electron chi connectivity index (χ3n) is 5.58. The van der Waals surface area contributed by atoms with Gasteiger partial charge in [0.15, 0.2) is 0 Å². The third-order valence-corrected chi connectivity index (χ3v) is 5.58. The number of amides is 1. The Labute approximate surface area is 182 Å². The lowest BCUT2D eigenvalue weighted by Crippen LogP contribution is -2.49. The van der Waals surface area contributed by atoms with E-state index >= 15 is 0 Å². The smallest absolute Gasteiger partial charge is 0.223 e. The zero-order valence-electron chi connectivity index (χ0n) is 18.2. The number of aromatic nitrogens is 2. The van der Waals surface area contributed by atoms with Gasteiger partial charge in [-0.25, -0.2) is 4.52 Å². The number of pyridine rings is 1. The Bertz CT molecular complexity index is 1140. The SMILES string of the molecule is CC(C)(C)CC(=O)N1CCN(c2ccc(-c3cc(O)cn4ncc(C#N)c34)cc2)CC1. The average Bonchev–Trinajstić information content (AvgIpc) is 3.15. The minimum Gasteiger partial charge on any atom is -0.506 e. The third kappa shape index (κ3) is 4.33. The van der Waals surface area contributed by atoms with E-state index in [2.05, 4.69) is 36.8 Å². The van der Waals surface area contributed by atoms with Crippen molar-refractivity contribution >= 4 is 17.1 Å². The van der Waals surface area contributed by atoms with Gasteiger partial charge in [-0.2, -0.15) is 10.4 Å². The fourth-order valence-electron chi connectivity index (χ4n) is 4.04. The predicted octanol–water partition coefficient (Wildman–Crippen LogP) is 3.66. The molecule has 3 heterocycles. The van der Waals surface area contributed by atoms with Crippen LogP contribution in [0, 0.1) is 16.7 Å². The minimum absolute atomic E-state index is 0.00225. The standard InChI is InChI=1S/C24H27N5O2/c1-24(2,3)13-22(31)28-10-8-27(9-11-28)19-6-4-17(5-7-19)21-12-20(30)16-29-23(21)18(14-25)15-26-29/h4-7,12,15-16,30H,8-11,13H2,1-3H3. The van der Waals surface area contributed by atoms with Crippen molar-refractivity contribution in [1.29, 1.82) is 5.26 Å². The zero-order valence-corrected chi connectivity index (χ0v) is 18.2. The van der Waals surface area contributed by atoms with E-state index in [4.69, 9.17) is 0 Å². The molecule has 1 aliphatic heterocycles. The number of aromatic hydroxyl groups is 1. The van der Waals surface area contributed by atoms with Crippen LogP contribution in [0.5, 0.6) is 5.75 Å². The number of rotatable bonds is 3. The van der Waals surface area contributed by atoms with Crippen LogP contribution < -0.4 is 4.90 Å². The molecule has 0 atom stereocenters. The summed E-state index contributed by atoms with van der Waals surface area (Å²) < 4.78 is 1.53. The molecule has 0 radical (unpaired) electrons. The molecule has 1 aliphatic rings. The Morgan fingerprint density at radius 2 is 1.84 bits per heavy atom. The van der Waals surface area contributed by atoms with Crippen molar-refractivity contribution < 1.29 is 9.90 Å². The first-order valence-electron chi connectivity index (χ1n) is 10.5. The Kier molecular flexibility index (Phi) is 5.32. The molecule has 0 saturated carbocycles. The van der Waals surface area contributed by atoms with E-state index in [0.717, 1.165) is 43.0 Å². The van der Waals surface area contributed by atoms with Gasteiger partial charge in [0.2, 0.25) is 5.91 Å². The maximum atomic E-state index is 12.5. The lowest BCUT2D eigenvalue weighted by Gasteiger charge is -2.37. The number of anilines is 1. The van der Waals surface area contributed by atoms with Gasteiger partial charge in [-0.3, -0.25) is 4.79 Å². The molecule has 7 nitrogen and oxygen atoms in total.